The zero-order valence-corrected chi connectivity index (χ0v) is 14.6. The lowest BCUT2D eigenvalue weighted by Crippen LogP contribution is -2.10. The van der Waals surface area contributed by atoms with Crippen LogP contribution in [0.5, 0.6) is 0 Å². The van der Waals surface area contributed by atoms with Crippen molar-refractivity contribution in [3.63, 3.8) is 0 Å². The third-order valence-electron chi connectivity index (χ3n) is 3.89. The topological polar surface area (TPSA) is 60.9 Å². The summed E-state index contributed by atoms with van der Waals surface area (Å²) in [6, 6.07) is 11.5. The highest BCUT2D eigenvalue weighted by Crippen LogP contribution is 2.24. The summed E-state index contributed by atoms with van der Waals surface area (Å²) in [4.78, 5) is 17.0. The Morgan fingerprint density at radius 2 is 2.04 bits per heavy atom. The number of nitrogens with zero attached hydrogens (tertiary/aromatic N) is 3. The first-order valence-electron chi connectivity index (χ1n) is 7.42. The Morgan fingerprint density at radius 1 is 1.20 bits per heavy atom. The van der Waals surface area contributed by atoms with Crippen molar-refractivity contribution in [2.75, 3.05) is 0 Å². The fourth-order valence-electron chi connectivity index (χ4n) is 2.69. The van der Waals surface area contributed by atoms with Crippen LogP contribution in [0.2, 0.25) is 0 Å². The monoisotopic (exact) mass is 399 g/mol. The molecule has 0 saturated carbocycles. The molecule has 4 aromatic rings. The molecule has 0 aliphatic carbocycles. The second-order valence-electron chi connectivity index (χ2n) is 5.58. The lowest BCUT2D eigenvalue weighted by atomic mass is 10.1. The van der Waals surface area contributed by atoms with Gasteiger partial charge in [0.25, 0.3) is 5.89 Å². The van der Waals surface area contributed by atoms with Gasteiger partial charge in [0.15, 0.2) is 0 Å². The van der Waals surface area contributed by atoms with Gasteiger partial charge in [0.05, 0.1) is 5.52 Å². The molecule has 0 bridgehead atoms. The van der Waals surface area contributed by atoms with E-state index >= 15 is 0 Å². The predicted molar refractivity (Wildman–Crippen MR) is 95.6 cm³/mol. The average Bonchev–Trinajstić information content (AvgIpc) is 3.08. The van der Waals surface area contributed by atoms with E-state index in [1.807, 2.05) is 24.3 Å². The number of benzene rings is 2. The number of pyridine rings is 1. The highest BCUT2D eigenvalue weighted by molar-refractivity contribution is 9.10. The van der Waals surface area contributed by atoms with E-state index in [4.69, 9.17) is 4.52 Å². The first kappa shape index (κ1) is 15.7. The SMILES string of the molecule is Cn1cc(-c2nc(-c3cccc(Br)c3)no2)c(=O)c2cc(F)ccc21. The molecule has 2 aromatic carbocycles. The molecule has 2 heterocycles. The van der Waals surface area contributed by atoms with Gasteiger partial charge >= 0.3 is 0 Å². The first-order chi connectivity index (χ1) is 12.0. The van der Waals surface area contributed by atoms with Crippen molar-refractivity contribution >= 4 is 26.8 Å². The van der Waals surface area contributed by atoms with E-state index in [1.165, 1.54) is 12.1 Å². The summed E-state index contributed by atoms with van der Waals surface area (Å²) in [5, 5.41) is 4.21. The summed E-state index contributed by atoms with van der Waals surface area (Å²) >= 11 is 3.39. The summed E-state index contributed by atoms with van der Waals surface area (Å²) in [6.45, 7) is 0. The number of hydrogen-bond donors (Lipinski definition) is 0. The maximum Gasteiger partial charge on any atom is 0.263 e. The summed E-state index contributed by atoms with van der Waals surface area (Å²) in [6.07, 6.45) is 1.61. The van der Waals surface area contributed by atoms with Crippen molar-refractivity contribution in [3.05, 3.63) is 69.2 Å². The van der Waals surface area contributed by atoms with Gasteiger partial charge in [-0.3, -0.25) is 4.79 Å². The van der Waals surface area contributed by atoms with Gasteiger partial charge in [-0.15, -0.1) is 0 Å². The summed E-state index contributed by atoms with van der Waals surface area (Å²) in [7, 11) is 1.77. The third kappa shape index (κ3) is 2.76. The largest absolute Gasteiger partial charge is 0.350 e. The van der Waals surface area contributed by atoms with E-state index in [2.05, 4.69) is 26.1 Å². The maximum atomic E-state index is 13.5. The smallest absolute Gasteiger partial charge is 0.263 e. The van der Waals surface area contributed by atoms with Crippen molar-refractivity contribution in [2.45, 2.75) is 0 Å². The fourth-order valence-corrected chi connectivity index (χ4v) is 3.09. The van der Waals surface area contributed by atoms with Crippen molar-refractivity contribution in [2.24, 2.45) is 7.05 Å². The number of rotatable bonds is 2. The van der Waals surface area contributed by atoms with E-state index in [0.29, 0.717) is 11.3 Å². The Hall–Kier alpha value is -2.80. The van der Waals surface area contributed by atoms with Gasteiger partial charge < -0.3 is 9.09 Å². The zero-order chi connectivity index (χ0) is 17.6. The van der Waals surface area contributed by atoms with Crippen LogP contribution in [0.25, 0.3) is 33.7 Å². The van der Waals surface area contributed by atoms with Crippen molar-refractivity contribution < 1.29 is 8.91 Å². The van der Waals surface area contributed by atoms with Crippen LogP contribution in [0.3, 0.4) is 0 Å². The van der Waals surface area contributed by atoms with Gasteiger partial charge in [-0.25, -0.2) is 4.39 Å². The van der Waals surface area contributed by atoms with Gasteiger partial charge in [0.2, 0.25) is 11.3 Å². The Morgan fingerprint density at radius 3 is 2.84 bits per heavy atom. The molecular weight excluding hydrogens is 389 g/mol. The minimum atomic E-state index is -0.470. The van der Waals surface area contributed by atoms with Gasteiger partial charge in [-0.05, 0) is 30.3 Å². The molecule has 0 aliphatic heterocycles. The molecule has 0 fully saturated rings. The number of hydrogen-bond acceptors (Lipinski definition) is 4. The fraction of sp³-hybridized carbons (Fsp3) is 0.0556. The van der Waals surface area contributed by atoms with Gasteiger partial charge in [0.1, 0.15) is 11.4 Å². The highest BCUT2D eigenvalue weighted by Gasteiger charge is 2.17. The molecule has 0 atom stereocenters. The van der Waals surface area contributed by atoms with Crippen molar-refractivity contribution in [1.29, 1.82) is 0 Å². The van der Waals surface area contributed by atoms with E-state index in [9.17, 15) is 9.18 Å². The molecule has 0 amide bonds. The minimum absolute atomic E-state index is 0.0988. The summed E-state index contributed by atoms with van der Waals surface area (Å²) < 4.78 is 21.4. The highest BCUT2D eigenvalue weighted by atomic mass is 79.9. The summed E-state index contributed by atoms with van der Waals surface area (Å²) in [5.74, 6) is 0.00142. The molecule has 4 rings (SSSR count). The third-order valence-corrected chi connectivity index (χ3v) is 4.38. The molecule has 124 valence electrons. The lowest BCUT2D eigenvalue weighted by Gasteiger charge is -2.06. The normalized spacial score (nSPS) is 11.2. The second-order valence-corrected chi connectivity index (χ2v) is 6.49. The average molecular weight is 400 g/mol. The number of halogens is 2. The first-order valence-corrected chi connectivity index (χ1v) is 8.21. The predicted octanol–water partition coefficient (Wildman–Crippen LogP) is 4.16. The Bertz CT molecular complexity index is 1170. The summed E-state index contributed by atoms with van der Waals surface area (Å²) in [5.41, 5.74) is 1.27. The van der Waals surface area contributed by atoms with Crippen LogP contribution in [-0.2, 0) is 7.05 Å². The Balaban J connectivity index is 1.88. The lowest BCUT2D eigenvalue weighted by molar-refractivity contribution is 0.432. The minimum Gasteiger partial charge on any atom is -0.350 e. The van der Waals surface area contributed by atoms with Crippen LogP contribution < -0.4 is 5.43 Å². The maximum absolute atomic E-state index is 13.5. The van der Waals surface area contributed by atoms with Crippen LogP contribution in [0, 0.1) is 5.82 Å². The molecule has 0 N–H and O–H groups in total. The molecule has 7 heteroatoms. The number of aryl methyl sites for hydroxylation is 1. The number of fused-ring (bicyclic) bond motifs is 1. The van der Waals surface area contributed by atoms with Crippen LogP contribution in [0.1, 0.15) is 0 Å². The molecule has 2 aromatic heterocycles. The molecule has 0 saturated heterocycles. The molecule has 0 aliphatic rings. The number of aromatic nitrogens is 3. The van der Waals surface area contributed by atoms with Crippen molar-refractivity contribution in [1.82, 2.24) is 14.7 Å². The Kier molecular flexibility index (Phi) is 3.73. The molecule has 0 spiro atoms. The molecule has 5 nitrogen and oxygen atoms in total. The second kappa shape index (κ2) is 5.93. The Labute approximate surface area is 149 Å². The van der Waals surface area contributed by atoms with Gasteiger partial charge in [-0.1, -0.05) is 33.2 Å². The van der Waals surface area contributed by atoms with Gasteiger partial charge in [-0.2, -0.15) is 4.98 Å². The van der Waals surface area contributed by atoms with E-state index in [-0.39, 0.29) is 22.3 Å². The van der Waals surface area contributed by atoms with Crippen LogP contribution in [0.15, 0.2) is 62.5 Å². The quantitative estimate of drug-likeness (QED) is 0.507. The van der Waals surface area contributed by atoms with Crippen LogP contribution >= 0.6 is 15.9 Å². The molecule has 0 unspecified atom stereocenters. The van der Waals surface area contributed by atoms with Gasteiger partial charge in [0, 0.05) is 28.7 Å². The molecule has 0 radical (unpaired) electrons. The van der Waals surface area contributed by atoms with E-state index < -0.39 is 5.82 Å². The van der Waals surface area contributed by atoms with Crippen molar-refractivity contribution in [3.8, 4) is 22.8 Å². The zero-order valence-electron chi connectivity index (χ0n) is 13.0. The standard InChI is InChI=1S/C18H11BrFN3O2/c1-23-9-14(16(24)13-8-12(20)5-6-15(13)23)18-21-17(22-25-18)10-3-2-4-11(19)7-10/h2-9H,1H3. The van der Waals surface area contributed by atoms with Crippen LogP contribution in [-0.4, -0.2) is 14.7 Å². The molecular formula is C18H11BrFN3O2. The van der Waals surface area contributed by atoms with E-state index in [0.717, 1.165) is 10.0 Å². The van der Waals surface area contributed by atoms with E-state index in [1.54, 1.807) is 23.9 Å². The van der Waals surface area contributed by atoms with Crippen LogP contribution in [0.4, 0.5) is 4.39 Å². The molecule has 25 heavy (non-hydrogen) atoms.